The summed E-state index contributed by atoms with van der Waals surface area (Å²) in [5.41, 5.74) is 1.06. The Labute approximate surface area is 152 Å². The number of amides is 1. The number of nitrogens with zero attached hydrogens (tertiary/aromatic N) is 1. The van der Waals surface area contributed by atoms with Gasteiger partial charge in [-0.1, -0.05) is 42.5 Å². The molecule has 5 nitrogen and oxygen atoms in total. The lowest BCUT2D eigenvalue weighted by molar-refractivity contribution is -0.132. The van der Waals surface area contributed by atoms with Crippen LogP contribution in [0.1, 0.15) is 30.0 Å². The van der Waals surface area contributed by atoms with Crippen molar-refractivity contribution in [2.75, 3.05) is 13.1 Å². The summed E-state index contributed by atoms with van der Waals surface area (Å²) in [5, 5.41) is 0. The monoisotopic (exact) mass is 376 g/mol. The van der Waals surface area contributed by atoms with Gasteiger partial charge in [-0.3, -0.25) is 4.79 Å². The van der Waals surface area contributed by atoms with Crippen molar-refractivity contribution in [1.82, 2.24) is 9.62 Å². The van der Waals surface area contributed by atoms with Crippen LogP contribution in [0.3, 0.4) is 0 Å². The van der Waals surface area contributed by atoms with Gasteiger partial charge < -0.3 is 4.90 Å². The van der Waals surface area contributed by atoms with E-state index in [1.807, 2.05) is 6.07 Å². The molecular weight excluding hydrogens is 355 g/mol. The Hall–Kier alpha value is -2.25. The average Bonchev–Trinajstić information content (AvgIpc) is 3.16. The largest absolute Gasteiger partial charge is 0.341 e. The van der Waals surface area contributed by atoms with Gasteiger partial charge in [-0.25, -0.2) is 12.8 Å². The second kappa shape index (κ2) is 7.97. The molecule has 1 N–H and O–H groups in total. The summed E-state index contributed by atoms with van der Waals surface area (Å²) in [4.78, 5) is 14.6. The molecule has 1 aliphatic heterocycles. The van der Waals surface area contributed by atoms with Gasteiger partial charge in [0.1, 0.15) is 11.9 Å². The predicted octanol–water partition coefficient (Wildman–Crippen LogP) is 2.61. The molecule has 2 aromatic carbocycles. The van der Waals surface area contributed by atoms with Gasteiger partial charge in [0.05, 0.1) is 5.75 Å². The lowest BCUT2D eigenvalue weighted by atomic mass is 10.1. The fourth-order valence-corrected chi connectivity index (χ4v) is 4.36. The first-order chi connectivity index (χ1) is 12.4. The molecule has 7 heteroatoms. The van der Waals surface area contributed by atoms with Gasteiger partial charge in [0.2, 0.25) is 15.9 Å². The molecule has 26 heavy (non-hydrogen) atoms. The molecule has 1 fully saturated rings. The van der Waals surface area contributed by atoms with E-state index < -0.39 is 21.9 Å². The third-order valence-corrected chi connectivity index (χ3v) is 5.67. The Balaban J connectivity index is 1.82. The quantitative estimate of drug-likeness (QED) is 0.843. The molecule has 1 amide bonds. The Morgan fingerprint density at radius 3 is 2.27 bits per heavy atom. The molecular formula is C19H21FN2O3S. The van der Waals surface area contributed by atoms with Crippen LogP contribution in [-0.4, -0.2) is 32.3 Å². The SMILES string of the molecule is O=C([C@@H](NS(=O)(=O)Cc1ccc(F)cc1)c1ccccc1)N1CCCC1. The molecule has 0 spiro atoms. The highest BCUT2D eigenvalue weighted by Gasteiger charge is 2.31. The molecule has 1 heterocycles. The number of carbonyl (C=O) groups excluding carboxylic acids is 1. The highest BCUT2D eigenvalue weighted by atomic mass is 32.2. The summed E-state index contributed by atoms with van der Waals surface area (Å²) in [7, 11) is -3.79. The topological polar surface area (TPSA) is 66.5 Å². The van der Waals surface area contributed by atoms with Gasteiger partial charge in [-0.05, 0) is 36.1 Å². The Morgan fingerprint density at radius 1 is 1.04 bits per heavy atom. The lowest BCUT2D eigenvalue weighted by Gasteiger charge is -2.24. The van der Waals surface area contributed by atoms with Crippen molar-refractivity contribution in [3.63, 3.8) is 0 Å². The number of benzene rings is 2. The Kier molecular flexibility index (Phi) is 5.68. The van der Waals surface area contributed by atoms with E-state index in [1.54, 1.807) is 29.2 Å². The minimum atomic E-state index is -3.79. The minimum absolute atomic E-state index is 0.239. The summed E-state index contributed by atoms with van der Waals surface area (Å²) in [6, 6.07) is 13.2. The van der Waals surface area contributed by atoms with Gasteiger partial charge in [0.25, 0.3) is 0 Å². The number of sulfonamides is 1. The fourth-order valence-electron chi connectivity index (χ4n) is 3.05. The van der Waals surface area contributed by atoms with E-state index >= 15 is 0 Å². The van der Waals surface area contributed by atoms with Gasteiger partial charge in [-0.2, -0.15) is 4.72 Å². The normalized spacial score (nSPS) is 15.8. The van der Waals surface area contributed by atoms with Crippen LogP contribution in [0.4, 0.5) is 4.39 Å². The maximum Gasteiger partial charge on any atom is 0.245 e. The molecule has 0 aromatic heterocycles. The molecule has 1 atom stereocenters. The van der Waals surface area contributed by atoms with E-state index in [4.69, 9.17) is 0 Å². The van der Waals surface area contributed by atoms with E-state index in [2.05, 4.69) is 4.72 Å². The predicted molar refractivity (Wildman–Crippen MR) is 97.2 cm³/mol. The van der Waals surface area contributed by atoms with Crippen LogP contribution in [0.15, 0.2) is 54.6 Å². The summed E-state index contributed by atoms with van der Waals surface area (Å²) < 4.78 is 40.8. The van der Waals surface area contributed by atoms with Crippen LogP contribution in [-0.2, 0) is 20.6 Å². The smallest absolute Gasteiger partial charge is 0.245 e. The Morgan fingerprint density at radius 2 is 1.65 bits per heavy atom. The zero-order chi connectivity index (χ0) is 18.6. The van der Waals surface area contributed by atoms with Crippen molar-refractivity contribution in [1.29, 1.82) is 0 Å². The summed E-state index contributed by atoms with van der Waals surface area (Å²) >= 11 is 0. The fraction of sp³-hybridized carbons (Fsp3) is 0.316. The minimum Gasteiger partial charge on any atom is -0.341 e. The van der Waals surface area contributed by atoms with Crippen LogP contribution < -0.4 is 4.72 Å². The first-order valence-electron chi connectivity index (χ1n) is 8.53. The molecule has 3 rings (SSSR count). The number of halogens is 1. The van der Waals surface area contributed by atoms with E-state index in [-0.39, 0.29) is 11.7 Å². The van der Waals surface area contributed by atoms with E-state index in [9.17, 15) is 17.6 Å². The summed E-state index contributed by atoms with van der Waals surface area (Å²) in [6.45, 7) is 1.28. The van der Waals surface area contributed by atoms with E-state index in [1.165, 1.54) is 24.3 Å². The number of likely N-dealkylation sites (tertiary alicyclic amines) is 1. The maximum atomic E-state index is 13.0. The van der Waals surface area contributed by atoms with Crippen molar-refractivity contribution in [2.24, 2.45) is 0 Å². The lowest BCUT2D eigenvalue weighted by Crippen LogP contribution is -2.42. The molecule has 0 saturated carbocycles. The second-order valence-corrected chi connectivity index (χ2v) is 8.13. The number of hydrogen-bond donors (Lipinski definition) is 1. The second-order valence-electron chi connectivity index (χ2n) is 6.38. The van der Waals surface area contributed by atoms with Crippen LogP contribution in [0.25, 0.3) is 0 Å². The number of rotatable bonds is 6. The number of hydrogen-bond acceptors (Lipinski definition) is 3. The molecule has 0 unspecified atom stereocenters. The molecule has 1 saturated heterocycles. The molecule has 138 valence electrons. The van der Waals surface area contributed by atoms with Crippen molar-refractivity contribution in [3.05, 3.63) is 71.5 Å². The van der Waals surface area contributed by atoms with Crippen molar-refractivity contribution < 1.29 is 17.6 Å². The van der Waals surface area contributed by atoms with Crippen molar-refractivity contribution in [3.8, 4) is 0 Å². The molecule has 0 aliphatic carbocycles. The van der Waals surface area contributed by atoms with Gasteiger partial charge in [0, 0.05) is 13.1 Å². The molecule has 1 aliphatic rings. The van der Waals surface area contributed by atoms with Gasteiger partial charge >= 0.3 is 0 Å². The summed E-state index contributed by atoms with van der Waals surface area (Å²) in [5.74, 6) is -0.981. The maximum absolute atomic E-state index is 13.0. The van der Waals surface area contributed by atoms with Crippen LogP contribution in [0.2, 0.25) is 0 Å². The van der Waals surface area contributed by atoms with Gasteiger partial charge in [0.15, 0.2) is 0 Å². The van der Waals surface area contributed by atoms with Crippen LogP contribution in [0, 0.1) is 5.82 Å². The van der Waals surface area contributed by atoms with Gasteiger partial charge in [-0.15, -0.1) is 0 Å². The third-order valence-electron chi connectivity index (χ3n) is 4.36. The summed E-state index contributed by atoms with van der Waals surface area (Å²) in [6.07, 6.45) is 1.85. The van der Waals surface area contributed by atoms with Crippen molar-refractivity contribution in [2.45, 2.75) is 24.6 Å². The van der Waals surface area contributed by atoms with E-state index in [0.717, 1.165) is 12.8 Å². The molecule has 0 bridgehead atoms. The zero-order valence-electron chi connectivity index (χ0n) is 14.3. The third kappa shape index (κ3) is 4.68. The average molecular weight is 376 g/mol. The first-order valence-corrected chi connectivity index (χ1v) is 10.2. The zero-order valence-corrected chi connectivity index (χ0v) is 15.1. The molecule has 0 radical (unpaired) electrons. The standard InChI is InChI=1S/C19H21FN2O3S/c20-17-10-8-15(9-11-17)14-26(24,25)21-18(16-6-2-1-3-7-16)19(23)22-12-4-5-13-22/h1-3,6-11,18,21H,4-5,12-14H2/t18-/m0/s1. The highest BCUT2D eigenvalue weighted by Crippen LogP contribution is 2.21. The highest BCUT2D eigenvalue weighted by molar-refractivity contribution is 7.88. The first kappa shape index (κ1) is 18.5. The van der Waals surface area contributed by atoms with Crippen LogP contribution >= 0.6 is 0 Å². The number of nitrogens with one attached hydrogen (secondary N) is 1. The van der Waals surface area contributed by atoms with E-state index in [0.29, 0.717) is 24.2 Å². The van der Waals surface area contributed by atoms with Crippen molar-refractivity contribution >= 4 is 15.9 Å². The Bertz CT molecular complexity index is 848. The number of carbonyl (C=O) groups is 1. The molecule has 2 aromatic rings. The van der Waals surface area contributed by atoms with Crippen LogP contribution in [0.5, 0.6) is 0 Å².